The second kappa shape index (κ2) is 15.8. The molecular weight excluding hydrogens is 294 g/mol. The predicted octanol–water partition coefficient (Wildman–Crippen LogP) is 5.54. The first-order valence-electron chi connectivity index (χ1n) is 9.56. The Balaban J connectivity index is 3.03. The Morgan fingerprint density at radius 3 is 1.09 bits per heavy atom. The Morgan fingerprint density at radius 2 is 0.818 bits per heavy atom. The van der Waals surface area contributed by atoms with Gasteiger partial charge in [-0.15, -0.1) is 0 Å². The number of unbranched alkanes of at least 4 members (excludes halogenated alkanes) is 15. The average Bonchev–Trinajstić information content (AvgIpc) is 2.45. The molecule has 22 heavy (non-hydrogen) atoms. The standard InChI is InChI=1S/C18H39NO2S/c1-2-3-4-5-6-7-8-9-10-11-12-13-14-15-16-17-18-22(19,20)21/h2-18H2,1H3,(H2,19,20,21). The Kier molecular flexibility index (Phi) is 15.7. The van der Waals surface area contributed by atoms with Crippen molar-refractivity contribution in [1.29, 1.82) is 0 Å². The lowest BCUT2D eigenvalue weighted by molar-refractivity contribution is 0.531. The fourth-order valence-corrected chi connectivity index (χ4v) is 3.46. The minimum Gasteiger partial charge on any atom is -0.229 e. The minimum atomic E-state index is -3.24. The van der Waals surface area contributed by atoms with E-state index in [4.69, 9.17) is 5.14 Å². The van der Waals surface area contributed by atoms with E-state index < -0.39 is 10.0 Å². The van der Waals surface area contributed by atoms with Crippen LogP contribution < -0.4 is 5.14 Å². The summed E-state index contributed by atoms with van der Waals surface area (Å²) in [4.78, 5) is 0. The van der Waals surface area contributed by atoms with Crippen LogP contribution in [0.15, 0.2) is 0 Å². The quantitative estimate of drug-likeness (QED) is 0.355. The molecule has 0 unspecified atom stereocenters. The molecule has 0 bridgehead atoms. The van der Waals surface area contributed by atoms with Gasteiger partial charge in [-0.1, -0.05) is 103 Å². The molecule has 0 fully saturated rings. The van der Waals surface area contributed by atoms with Crippen molar-refractivity contribution in [2.24, 2.45) is 5.14 Å². The Bertz CT molecular complexity index is 315. The SMILES string of the molecule is CCCCCCCCCCCCCCCCCCS(N)(=O)=O. The largest absolute Gasteiger partial charge is 0.229 e. The molecule has 0 atom stereocenters. The highest BCUT2D eigenvalue weighted by atomic mass is 32.2. The molecule has 0 aromatic heterocycles. The van der Waals surface area contributed by atoms with E-state index in [-0.39, 0.29) is 5.75 Å². The van der Waals surface area contributed by atoms with Crippen molar-refractivity contribution in [2.45, 2.75) is 110 Å². The summed E-state index contributed by atoms with van der Waals surface area (Å²) in [6.45, 7) is 2.27. The molecule has 0 aliphatic heterocycles. The Morgan fingerprint density at radius 1 is 0.545 bits per heavy atom. The predicted molar refractivity (Wildman–Crippen MR) is 97.5 cm³/mol. The van der Waals surface area contributed by atoms with Crippen molar-refractivity contribution in [3.05, 3.63) is 0 Å². The molecule has 3 nitrogen and oxygen atoms in total. The van der Waals surface area contributed by atoms with Crippen LogP contribution in [0.3, 0.4) is 0 Å². The minimum absolute atomic E-state index is 0.144. The van der Waals surface area contributed by atoms with E-state index in [0.717, 1.165) is 19.3 Å². The maximum absolute atomic E-state index is 10.8. The Hall–Kier alpha value is -0.0900. The van der Waals surface area contributed by atoms with Crippen LogP contribution in [0.2, 0.25) is 0 Å². The molecule has 0 amide bonds. The lowest BCUT2D eigenvalue weighted by Crippen LogP contribution is -2.16. The second-order valence-electron chi connectivity index (χ2n) is 6.67. The number of rotatable bonds is 17. The first-order valence-corrected chi connectivity index (χ1v) is 11.3. The van der Waals surface area contributed by atoms with Gasteiger partial charge in [-0.3, -0.25) is 0 Å². The van der Waals surface area contributed by atoms with Crippen LogP contribution in [0.25, 0.3) is 0 Å². The summed E-state index contributed by atoms with van der Waals surface area (Å²) in [7, 11) is -3.24. The maximum Gasteiger partial charge on any atom is 0.209 e. The van der Waals surface area contributed by atoms with Gasteiger partial charge in [0.05, 0.1) is 5.75 Å². The maximum atomic E-state index is 10.8. The molecule has 134 valence electrons. The molecule has 0 aliphatic carbocycles. The zero-order valence-electron chi connectivity index (χ0n) is 14.8. The number of nitrogens with two attached hydrogens (primary N) is 1. The zero-order chi connectivity index (χ0) is 16.5. The third-order valence-electron chi connectivity index (χ3n) is 4.28. The van der Waals surface area contributed by atoms with E-state index in [2.05, 4.69) is 6.92 Å². The summed E-state index contributed by atoms with van der Waals surface area (Å²) in [5.74, 6) is 0.144. The number of hydrogen-bond donors (Lipinski definition) is 1. The third kappa shape index (κ3) is 19.9. The molecule has 0 saturated carbocycles. The molecule has 0 aromatic rings. The lowest BCUT2D eigenvalue weighted by Gasteiger charge is -2.03. The van der Waals surface area contributed by atoms with E-state index in [9.17, 15) is 8.42 Å². The molecule has 0 aromatic carbocycles. The van der Waals surface area contributed by atoms with Crippen LogP contribution in [0.4, 0.5) is 0 Å². The first-order chi connectivity index (χ1) is 10.6. The average molecular weight is 334 g/mol. The van der Waals surface area contributed by atoms with E-state index in [0.29, 0.717) is 0 Å². The molecule has 0 spiro atoms. The summed E-state index contributed by atoms with van der Waals surface area (Å²) in [5.41, 5.74) is 0. The van der Waals surface area contributed by atoms with Crippen molar-refractivity contribution < 1.29 is 8.42 Å². The lowest BCUT2D eigenvalue weighted by atomic mass is 10.0. The molecule has 0 aliphatic rings. The van der Waals surface area contributed by atoms with Crippen LogP contribution in [-0.2, 0) is 10.0 Å². The van der Waals surface area contributed by atoms with Crippen molar-refractivity contribution in [3.63, 3.8) is 0 Å². The fraction of sp³-hybridized carbons (Fsp3) is 1.00. The highest BCUT2D eigenvalue weighted by Gasteiger charge is 2.01. The summed E-state index contributed by atoms with van der Waals surface area (Å²) >= 11 is 0. The van der Waals surface area contributed by atoms with Crippen molar-refractivity contribution in [2.75, 3.05) is 5.75 Å². The fourth-order valence-electron chi connectivity index (χ4n) is 2.85. The van der Waals surface area contributed by atoms with Crippen LogP contribution >= 0.6 is 0 Å². The van der Waals surface area contributed by atoms with Gasteiger partial charge in [-0.25, -0.2) is 13.6 Å². The zero-order valence-corrected chi connectivity index (χ0v) is 15.6. The van der Waals surface area contributed by atoms with E-state index in [1.807, 2.05) is 0 Å². The van der Waals surface area contributed by atoms with E-state index in [1.165, 1.54) is 83.5 Å². The van der Waals surface area contributed by atoms with Gasteiger partial charge in [0.1, 0.15) is 0 Å². The third-order valence-corrected chi connectivity index (χ3v) is 5.14. The van der Waals surface area contributed by atoms with Gasteiger partial charge in [-0.2, -0.15) is 0 Å². The van der Waals surface area contributed by atoms with Crippen molar-refractivity contribution >= 4 is 10.0 Å². The first kappa shape index (κ1) is 21.9. The molecule has 2 N–H and O–H groups in total. The highest BCUT2D eigenvalue weighted by Crippen LogP contribution is 2.13. The van der Waals surface area contributed by atoms with Gasteiger partial charge < -0.3 is 0 Å². The molecule has 0 rings (SSSR count). The smallest absolute Gasteiger partial charge is 0.209 e. The van der Waals surface area contributed by atoms with Gasteiger partial charge in [0, 0.05) is 0 Å². The molecule has 0 heterocycles. The van der Waals surface area contributed by atoms with Gasteiger partial charge in [0.2, 0.25) is 10.0 Å². The van der Waals surface area contributed by atoms with E-state index >= 15 is 0 Å². The van der Waals surface area contributed by atoms with Crippen LogP contribution in [0.1, 0.15) is 110 Å². The van der Waals surface area contributed by atoms with Crippen molar-refractivity contribution in [3.8, 4) is 0 Å². The van der Waals surface area contributed by atoms with Gasteiger partial charge in [0.15, 0.2) is 0 Å². The monoisotopic (exact) mass is 333 g/mol. The summed E-state index contributed by atoms with van der Waals surface area (Å²) in [5, 5.41) is 4.97. The van der Waals surface area contributed by atoms with Crippen LogP contribution in [0, 0.1) is 0 Å². The molecule has 0 radical (unpaired) electrons. The topological polar surface area (TPSA) is 60.2 Å². The summed E-state index contributed by atoms with van der Waals surface area (Å²) in [6.07, 6.45) is 20.8. The normalized spacial score (nSPS) is 11.9. The number of hydrogen-bond acceptors (Lipinski definition) is 2. The van der Waals surface area contributed by atoms with E-state index in [1.54, 1.807) is 0 Å². The number of sulfonamides is 1. The highest BCUT2D eigenvalue weighted by molar-refractivity contribution is 7.89. The number of primary sulfonamides is 1. The van der Waals surface area contributed by atoms with Gasteiger partial charge in [0.25, 0.3) is 0 Å². The van der Waals surface area contributed by atoms with Gasteiger partial charge in [-0.05, 0) is 6.42 Å². The summed E-state index contributed by atoms with van der Waals surface area (Å²) < 4.78 is 21.5. The Labute approximate surface area is 139 Å². The van der Waals surface area contributed by atoms with Crippen LogP contribution in [0.5, 0.6) is 0 Å². The second-order valence-corrected chi connectivity index (χ2v) is 8.40. The molecule has 4 heteroatoms. The molecular formula is C18H39NO2S. The summed E-state index contributed by atoms with van der Waals surface area (Å²) in [6, 6.07) is 0. The van der Waals surface area contributed by atoms with Crippen LogP contribution in [-0.4, -0.2) is 14.2 Å². The van der Waals surface area contributed by atoms with Gasteiger partial charge >= 0.3 is 0 Å². The molecule has 0 saturated heterocycles. The van der Waals surface area contributed by atoms with Crippen molar-refractivity contribution in [1.82, 2.24) is 0 Å².